The first-order chi connectivity index (χ1) is 8.29. The molecule has 0 heterocycles. The molecule has 1 fully saturated rings. The van der Waals surface area contributed by atoms with Crippen LogP contribution in [0.1, 0.15) is 31.2 Å². The highest BCUT2D eigenvalue weighted by Gasteiger charge is 2.24. The van der Waals surface area contributed by atoms with Crippen LogP contribution in [-0.2, 0) is 6.42 Å². The highest BCUT2D eigenvalue weighted by Crippen LogP contribution is 2.33. The van der Waals surface area contributed by atoms with Crippen LogP contribution in [0, 0.1) is 11.8 Å². The maximum Gasteiger partial charge on any atom is 0.0408 e. The van der Waals surface area contributed by atoms with Gasteiger partial charge in [-0.3, -0.25) is 0 Å². The molecule has 17 heavy (non-hydrogen) atoms. The molecule has 94 valence electrons. The smallest absolute Gasteiger partial charge is 0.0408 e. The first-order valence-electron chi connectivity index (χ1n) is 6.68. The van der Waals surface area contributed by atoms with Crippen molar-refractivity contribution in [3.63, 3.8) is 0 Å². The molecule has 1 saturated carbocycles. The molecule has 1 unspecified atom stereocenters. The molecule has 2 rings (SSSR count). The van der Waals surface area contributed by atoms with Gasteiger partial charge in [0.2, 0.25) is 0 Å². The maximum atomic E-state index is 6.05. The van der Waals surface area contributed by atoms with E-state index in [1.807, 2.05) is 6.07 Å². The molecule has 1 atom stereocenters. The molecular weight excluding hydrogens is 230 g/mol. The molecule has 0 spiro atoms. The van der Waals surface area contributed by atoms with Gasteiger partial charge < -0.3 is 5.32 Å². The van der Waals surface area contributed by atoms with E-state index in [0.717, 1.165) is 29.8 Å². The molecule has 0 bridgehead atoms. The van der Waals surface area contributed by atoms with E-state index in [0.29, 0.717) is 0 Å². The summed E-state index contributed by atoms with van der Waals surface area (Å²) in [7, 11) is 2.06. The number of hydrogen-bond donors (Lipinski definition) is 1. The van der Waals surface area contributed by atoms with Gasteiger partial charge in [0.05, 0.1) is 0 Å². The Hall–Kier alpha value is -0.530. The zero-order valence-electron chi connectivity index (χ0n) is 10.6. The van der Waals surface area contributed by atoms with Crippen molar-refractivity contribution in [3.05, 3.63) is 34.9 Å². The minimum absolute atomic E-state index is 0.765. The van der Waals surface area contributed by atoms with Crippen LogP contribution in [-0.4, -0.2) is 13.6 Å². The van der Waals surface area contributed by atoms with E-state index < -0.39 is 0 Å². The first-order valence-corrected chi connectivity index (χ1v) is 7.06. The molecule has 1 N–H and O–H groups in total. The fourth-order valence-corrected chi connectivity index (χ4v) is 3.28. The quantitative estimate of drug-likeness (QED) is 0.837. The van der Waals surface area contributed by atoms with Crippen molar-refractivity contribution in [2.24, 2.45) is 11.8 Å². The second-order valence-electron chi connectivity index (χ2n) is 5.20. The lowest BCUT2D eigenvalue weighted by Gasteiger charge is -2.23. The third kappa shape index (κ3) is 3.72. The van der Waals surface area contributed by atoms with Gasteiger partial charge in [-0.2, -0.15) is 0 Å². The Morgan fingerprint density at radius 2 is 2.12 bits per heavy atom. The fraction of sp³-hybridized carbons (Fsp3) is 0.600. The molecule has 0 aromatic heterocycles. The number of hydrogen-bond acceptors (Lipinski definition) is 1. The lowest BCUT2D eigenvalue weighted by atomic mass is 9.85. The average Bonchev–Trinajstić information content (AvgIpc) is 2.82. The number of benzene rings is 1. The molecule has 1 aromatic carbocycles. The van der Waals surface area contributed by atoms with E-state index in [1.165, 1.54) is 31.2 Å². The molecule has 0 amide bonds. The molecule has 1 nitrogen and oxygen atoms in total. The van der Waals surface area contributed by atoms with Crippen molar-refractivity contribution < 1.29 is 0 Å². The molecule has 0 aliphatic heterocycles. The van der Waals surface area contributed by atoms with Gasteiger partial charge in [-0.05, 0) is 49.5 Å². The Kier molecular flexibility index (Phi) is 4.87. The van der Waals surface area contributed by atoms with Crippen LogP contribution >= 0.6 is 11.6 Å². The van der Waals surface area contributed by atoms with Crippen molar-refractivity contribution in [3.8, 4) is 0 Å². The van der Waals surface area contributed by atoms with Gasteiger partial charge in [0.15, 0.2) is 0 Å². The van der Waals surface area contributed by atoms with Crippen LogP contribution in [0.2, 0.25) is 5.02 Å². The molecule has 1 aliphatic rings. The summed E-state index contributed by atoms with van der Waals surface area (Å²) in [5.74, 6) is 1.67. The zero-order valence-corrected chi connectivity index (χ0v) is 11.3. The summed E-state index contributed by atoms with van der Waals surface area (Å²) >= 11 is 6.05. The van der Waals surface area contributed by atoms with Gasteiger partial charge in [0.25, 0.3) is 0 Å². The molecule has 0 saturated heterocycles. The number of nitrogens with one attached hydrogen (secondary N) is 1. The number of rotatable bonds is 5. The summed E-state index contributed by atoms with van der Waals surface area (Å²) in [6.45, 7) is 1.12. The minimum Gasteiger partial charge on any atom is -0.319 e. The molecule has 0 radical (unpaired) electrons. The fourth-order valence-electron chi connectivity index (χ4n) is 3.06. The van der Waals surface area contributed by atoms with E-state index >= 15 is 0 Å². The zero-order chi connectivity index (χ0) is 12.1. The lowest BCUT2D eigenvalue weighted by molar-refractivity contribution is 0.328. The molecular formula is C15H22ClN. The molecule has 1 aromatic rings. The molecule has 2 heteroatoms. The highest BCUT2D eigenvalue weighted by molar-refractivity contribution is 6.30. The maximum absolute atomic E-state index is 6.05. The van der Waals surface area contributed by atoms with E-state index in [9.17, 15) is 0 Å². The Balaban J connectivity index is 2.01. The third-order valence-corrected chi connectivity index (χ3v) is 4.15. The SMILES string of the molecule is CNCC(Cc1cccc(Cl)c1)C1CCCC1. The van der Waals surface area contributed by atoms with Crippen LogP contribution in [0.3, 0.4) is 0 Å². The number of halogens is 1. The van der Waals surface area contributed by atoms with Gasteiger partial charge in [0, 0.05) is 5.02 Å². The van der Waals surface area contributed by atoms with Gasteiger partial charge in [0.1, 0.15) is 0 Å². The second-order valence-corrected chi connectivity index (χ2v) is 5.63. The predicted molar refractivity (Wildman–Crippen MR) is 74.5 cm³/mol. The van der Waals surface area contributed by atoms with Crippen molar-refractivity contribution in [2.75, 3.05) is 13.6 Å². The Bertz CT molecular complexity index is 345. The van der Waals surface area contributed by atoms with E-state index in [2.05, 4.69) is 30.6 Å². The standard InChI is InChI=1S/C15H22ClN/c1-17-11-14(13-6-2-3-7-13)9-12-5-4-8-15(16)10-12/h4-5,8,10,13-14,17H,2-3,6-7,9,11H2,1H3. The van der Waals surface area contributed by atoms with Gasteiger partial charge in [-0.15, -0.1) is 0 Å². The van der Waals surface area contributed by atoms with Crippen molar-refractivity contribution in [1.29, 1.82) is 0 Å². The van der Waals surface area contributed by atoms with E-state index in [4.69, 9.17) is 11.6 Å². The largest absolute Gasteiger partial charge is 0.319 e. The summed E-state index contributed by atoms with van der Waals surface area (Å²) in [4.78, 5) is 0. The monoisotopic (exact) mass is 251 g/mol. The second kappa shape index (κ2) is 6.42. The van der Waals surface area contributed by atoms with Crippen LogP contribution in [0.4, 0.5) is 0 Å². The van der Waals surface area contributed by atoms with Gasteiger partial charge in [-0.25, -0.2) is 0 Å². The topological polar surface area (TPSA) is 12.0 Å². The van der Waals surface area contributed by atoms with Crippen LogP contribution in [0.25, 0.3) is 0 Å². The summed E-state index contributed by atoms with van der Waals surface area (Å²) in [5, 5.41) is 4.21. The van der Waals surface area contributed by atoms with Gasteiger partial charge in [-0.1, -0.05) is 49.4 Å². The van der Waals surface area contributed by atoms with Crippen LogP contribution in [0.15, 0.2) is 24.3 Å². The average molecular weight is 252 g/mol. The van der Waals surface area contributed by atoms with Crippen molar-refractivity contribution in [2.45, 2.75) is 32.1 Å². The Morgan fingerprint density at radius 3 is 2.76 bits per heavy atom. The first kappa shape index (κ1) is 12.9. The summed E-state index contributed by atoms with van der Waals surface area (Å²) in [5.41, 5.74) is 1.38. The Labute approximate surface area is 110 Å². The van der Waals surface area contributed by atoms with Gasteiger partial charge >= 0.3 is 0 Å². The summed E-state index contributed by atoms with van der Waals surface area (Å²) < 4.78 is 0. The predicted octanol–water partition coefficient (Wildman–Crippen LogP) is 3.91. The third-order valence-electron chi connectivity index (χ3n) is 3.92. The van der Waals surface area contributed by atoms with E-state index in [-0.39, 0.29) is 0 Å². The molecule has 1 aliphatic carbocycles. The lowest BCUT2D eigenvalue weighted by Crippen LogP contribution is -2.26. The van der Waals surface area contributed by atoms with Crippen molar-refractivity contribution >= 4 is 11.6 Å². The van der Waals surface area contributed by atoms with E-state index in [1.54, 1.807) is 0 Å². The van der Waals surface area contributed by atoms with Crippen molar-refractivity contribution in [1.82, 2.24) is 5.32 Å². The highest BCUT2D eigenvalue weighted by atomic mass is 35.5. The summed E-state index contributed by atoms with van der Waals surface area (Å²) in [6.07, 6.45) is 6.81. The Morgan fingerprint density at radius 1 is 1.35 bits per heavy atom. The van der Waals surface area contributed by atoms with Crippen LogP contribution < -0.4 is 5.32 Å². The van der Waals surface area contributed by atoms with Crippen LogP contribution in [0.5, 0.6) is 0 Å². The summed E-state index contributed by atoms with van der Waals surface area (Å²) in [6, 6.07) is 8.32. The normalized spacial score (nSPS) is 18.5. The minimum atomic E-state index is 0.765.